The van der Waals surface area contributed by atoms with Gasteiger partial charge in [-0.2, -0.15) is 9.97 Å². The molecule has 0 spiro atoms. The molecule has 3 aliphatic heterocycles. The van der Waals surface area contributed by atoms with Crippen molar-refractivity contribution in [3.63, 3.8) is 0 Å². The number of likely N-dealkylation sites (N-methyl/N-ethyl adjacent to an activating group) is 1. The van der Waals surface area contributed by atoms with Crippen molar-refractivity contribution in [3.05, 3.63) is 47.7 Å². The van der Waals surface area contributed by atoms with Crippen LogP contribution < -0.4 is 15.0 Å². The average molecular weight is 599 g/mol. The second kappa shape index (κ2) is 11.1. The van der Waals surface area contributed by atoms with Gasteiger partial charge in [0.1, 0.15) is 35.2 Å². The Balaban J connectivity index is 1.39. The van der Waals surface area contributed by atoms with Crippen LogP contribution in [0.5, 0.6) is 11.8 Å². The minimum Gasteiger partial charge on any atom is -0.508 e. The third-order valence-electron chi connectivity index (χ3n) is 9.74. The van der Waals surface area contributed by atoms with Gasteiger partial charge in [-0.1, -0.05) is 25.3 Å². The van der Waals surface area contributed by atoms with Crippen LogP contribution in [-0.4, -0.2) is 75.9 Å². The molecule has 8 nitrogen and oxygen atoms in total. The Morgan fingerprint density at radius 2 is 1.98 bits per heavy atom. The quantitative estimate of drug-likeness (QED) is 0.274. The van der Waals surface area contributed by atoms with Crippen LogP contribution in [0.3, 0.4) is 0 Å². The molecule has 0 aliphatic carbocycles. The van der Waals surface area contributed by atoms with E-state index in [4.69, 9.17) is 16.1 Å². The van der Waals surface area contributed by atoms with Crippen LogP contribution in [0.1, 0.15) is 51.0 Å². The number of phenolic OH excluding ortho intramolecular Hbond substituents is 1. The summed E-state index contributed by atoms with van der Waals surface area (Å²) in [5.74, 6) is 1.54. The number of phenols is 1. The number of fused-ring (bicyclic) bond motifs is 4. The molecule has 5 heterocycles. The number of hydrogen-bond donors (Lipinski definition) is 2. The summed E-state index contributed by atoms with van der Waals surface area (Å²) in [6.07, 6.45) is 13.5. The minimum atomic E-state index is -0.713. The maximum absolute atomic E-state index is 16.8. The molecule has 44 heavy (non-hydrogen) atoms. The molecule has 228 valence electrons. The van der Waals surface area contributed by atoms with E-state index in [1.165, 1.54) is 24.3 Å². The lowest BCUT2D eigenvalue weighted by molar-refractivity contribution is 0.0828. The zero-order valence-corrected chi connectivity index (χ0v) is 25.0. The molecule has 0 saturated carbocycles. The summed E-state index contributed by atoms with van der Waals surface area (Å²) < 4.78 is 37.9. The topological polar surface area (TPSA) is 86.6 Å². The molecule has 0 amide bonds. The smallest absolute Gasteiger partial charge is 0.319 e. The predicted molar refractivity (Wildman–Crippen MR) is 167 cm³/mol. The van der Waals surface area contributed by atoms with Crippen LogP contribution in [0.2, 0.25) is 0 Å². The van der Waals surface area contributed by atoms with Crippen LogP contribution in [0, 0.1) is 24.0 Å². The third kappa shape index (κ3) is 4.79. The Bertz CT molecular complexity index is 1800. The Kier molecular flexibility index (Phi) is 7.26. The Morgan fingerprint density at radius 3 is 2.68 bits per heavy atom. The van der Waals surface area contributed by atoms with Crippen LogP contribution in [0.4, 0.5) is 14.6 Å². The molecule has 3 atom stereocenters. The second-order valence-electron chi connectivity index (χ2n) is 12.5. The van der Waals surface area contributed by atoms with E-state index in [9.17, 15) is 9.50 Å². The molecule has 3 aliphatic rings. The summed E-state index contributed by atoms with van der Waals surface area (Å²) in [5.41, 5.74) is 0.00264. The minimum absolute atomic E-state index is 0.0237. The molecule has 10 heteroatoms. The van der Waals surface area contributed by atoms with Gasteiger partial charge in [0.25, 0.3) is 0 Å². The first-order valence-corrected chi connectivity index (χ1v) is 15.4. The number of nitrogens with zero attached hydrogens (tertiary/aromatic N) is 5. The van der Waals surface area contributed by atoms with Gasteiger partial charge in [0.15, 0.2) is 5.82 Å². The number of pyridine rings is 1. The van der Waals surface area contributed by atoms with E-state index in [0.717, 1.165) is 58.2 Å². The molecule has 7 rings (SSSR count). The van der Waals surface area contributed by atoms with Gasteiger partial charge in [-0.15, -0.1) is 6.42 Å². The lowest BCUT2D eigenvalue weighted by Crippen LogP contribution is -2.51. The normalized spacial score (nSPS) is 23.5. The van der Waals surface area contributed by atoms with E-state index in [1.807, 2.05) is 0 Å². The van der Waals surface area contributed by atoms with Crippen molar-refractivity contribution >= 4 is 27.5 Å². The molecular weight excluding hydrogens is 562 g/mol. The Morgan fingerprint density at radius 1 is 1.18 bits per heavy atom. The molecule has 2 bridgehead atoms. The van der Waals surface area contributed by atoms with E-state index >= 15 is 4.39 Å². The van der Waals surface area contributed by atoms with Crippen LogP contribution in [0.25, 0.3) is 32.9 Å². The number of terminal acetylenes is 1. The van der Waals surface area contributed by atoms with Crippen molar-refractivity contribution in [3.8, 4) is 35.4 Å². The van der Waals surface area contributed by atoms with Gasteiger partial charge in [-0.25, -0.2) is 8.78 Å². The Labute approximate surface area is 255 Å². The summed E-state index contributed by atoms with van der Waals surface area (Å²) in [6, 6.07) is 6.34. The maximum atomic E-state index is 16.8. The second-order valence-corrected chi connectivity index (χ2v) is 12.5. The summed E-state index contributed by atoms with van der Waals surface area (Å²) in [5, 5.41) is 15.4. The zero-order chi connectivity index (χ0) is 30.6. The molecule has 0 radical (unpaired) electrons. The fourth-order valence-corrected chi connectivity index (χ4v) is 7.55. The standard InChI is InChI=1S/C34H36F2N6O2/c1-4-11-34(12-6-13-41(34)3)19-44-33-39-31-26(32(40-33)42-17-21-8-9-22(18-42)38-21)16-37-30(29(31)36)25-15-23(43)14-20-7-10-27(35)24(5-2)28(20)25/h2,7,10,14-16,21-22,38,43H,4,6,8-9,11-13,17-19H2,1,3H3. The summed E-state index contributed by atoms with van der Waals surface area (Å²) in [6.45, 7) is 5.03. The summed E-state index contributed by atoms with van der Waals surface area (Å²) >= 11 is 0. The van der Waals surface area contributed by atoms with E-state index in [-0.39, 0.29) is 39.6 Å². The van der Waals surface area contributed by atoms with E-state index in [0.29, 0.717) is 40.7 Å². The van der Waals surface area contributed by atoms with Crippen molar-refractivity contribution < 1.29 is 18.6 Å². The van der Waals surface area contributed by atoms with Crippen molar-refractivity contribution in [1.82, 2.24) is 25.2 Å². The van der Waals surface area contributed by atoms with Crippen molar-refractivity contribution in [1.29, 1.82) is 0 Å². The molecule has 2 aromatic heterocycles. The average Bonchev–Trinajstić information content (AvgIpc) is 3.55. The molecule has 4 aromatic rings. The van der Waals surface area contributed by atoms with Gasteiger partial charge >= 0.3 is 6.01 Å². The number of hydrogen-bond acceptors (Lipinski definition) is 8. The van der Waals surface area contributed by atoms with Crippen molar-refractivity contribution in [2.45, 2.75) is 63.1 Å². The largest absolute Gasteiger partial charge is 0.508 e. The third-order valence-corrected chi connectivity index (χ3v) is 9.74. The van der Waals surface area contributed by atoms with E-state index < -0.39 is 11.6 Å². The first kappa shape index (κ1) is 28.7. The van der Waals surface area contributed by atoms with Gasteiger partial charge in [0, 0.05) is 42.3 Å². The SMILES string of the molecule is C#Cc1c(F)ccc2cc(O)cc(-c3ncc4c(N5CC6CCC(C5)N6)nc(OCC5(CCC)CCCN5C)nc4c3F)c12. The van der Waals surface area contributed by atoms with Crippen molar-refractivity contribution in [2.75, 3.05) is 38.2 Å². The number of likely N-dealkylation sites (tertiary alicyclic amines) is 1. The van der Waals surface area contributed by atoms with Crippen LogP contribution >= 0.6 is 0 Å². The number of aromatic hydroxyl groups is 1. The van der Waals surface area contributed by atoms with Gasteiger partial charge < -0.3 is 20.1 Å². The predicted octanol–water partition coefficient (Wildman–Crippen LogP) is 5.39. The van der Waals surface area contributed by atoms with Gasteiger partial charge in [-0.3, -0.25) is 9.88 Å². The summed E-state index contributed by atoms with van der Waals surface area (Å²) in [7, 11) is 2.12. The van der Waals surface area contributed by atoms with Gasteiger partial charge in [0.2, 0.25) is 0 Å². The number of nitrogens with one attached hydrogen (secondary N) is 1. The van der Waals surface area contributed by atoms with E-state index in [2.05, 4.69) is 45.0 Å². The van der Waals surface area contributed by atoms with Gasteiger partial charge in [-0.05, 0) is 69.3 Å². The molecule has 3 fully saturated rings. The molecule has 2 N–H and O–H groups in total. The first-order valence-electron chi connectivity index (χ1n) is 15.4. The highest BCUT2D eigenvalue weighted by Gasteiger charge is 2.39. The number of benzene rings is 2. The van der Waals surface area contributed by atoms with Gasteiger partial charge in [0.05, 0.1) is 16.5 Å². The first-order chi connectivity index (χ1) is 21.3. The number of rotatable bonds is 7. The van der Waals surface area contributed by atoms with Crippen molar-refractivity contribution in [2.24, 2.45) is 0 Å². The molecular formula is C34H36F2N6O2. The zero-order valence-electron chi connectivity index (χ0n) is 25.0. The maximum Gasteiger partial charge on any atom is 0.319 e. The van der Waals surface area contributed by atoms with E-state index in [1.54, 1.807) is 6.20 Å². The number of aromatic nitrogens is 3. The molecule has 3 saturated heterocycles. The highest BCUT2D eigenvalue weighted by molar-refractivity contribution is 6.03. The fourth-order valence-electron chi connectivity index (χ4n) is 7.55. The lowest BCUT2D eigenvalue weighted by Gasteiger charge is -2.36. The highest BCUT2D eigenvalue weighted by atomic mass is 19.1. The van der Waals surface area contributed by atoms with Crippen LogP contribution in [-0.2, 0) is 0 Å². The number of ether oxygens (including phenoxy) is 1. The number of halogens is 2. The summed E-state index contributed by atoms with van der Waals surface area (Å²) in [4.78, 5) is 18.5. The number of piperazine rings is 1. The monoisotopic (exact) mass is 598 g/mol. The Hall–Kier alpha value is -4.07. The molecule has 2 aromatic carbocycles. The van der Waals surface area contributed by atoms with Crippen LogP contribution in [0.15, 0.2) is 30.5 Å². The number of anilines is 1. The lowest BCUT2D eigenvalue weighted by atomic mass is 9.92. The fraction of sp³-hybridized carbons (Fsp3) is 0.441. The molecule has 3 unspecified atom stereocenters. The highest BCUT2D eigenvalue weighted by Crippen LogP contribution is 2.40.